The summed E-state index contributed by atoms with van der Waals surface area (Å²) in [7, 11) is 0. The van der Waals surface area contributed by atoms with Gasteiger partial charge in [-0.05, 0) is 12.8 Å². The van der Waals surface area contributed by atoms with Crippen LogP contribution in [0.15, 0.2) is 0 Å². The van der Waals surface area contributed by atoms with Crippen LogP contribution in [0.5, 0.6) is 0 Å². The van der Waals surface area contributed by atoms with E-state index in [4.69, 9.17) is 5.73 Å². The number of rotatable bonds is 5. The molecule has 0 fully saturated rings. The number of hydrogen-bond acceptors (Lipinski definition) is 1. The molecule has 0 radical (unpaired) electrons. The van der Waals surface area contributed by atoms with Gasteiger partial charge in [0.2, 0.25) is 0 Å². The Bertz CT molecular complexity index is 106. The summed E-state index contributed by atoms with van der Waals surface area (Å²) >= 11 is 0. The lowest BCUT2D eigenvalue weighted by atomic mass is 9.91. The van der Waals surface area contributed by atoms with Crippen LogP contribution in [0.25, 0.3) is 0 Å². The molecule has 0 aliphatic carbocycles. The summed E-state index contributed by atoms with van der Waals surface area (Å²) in [6, 6.07) is 0. The number of hydrogen-bond donors (Lipinski definition) is 1. The monoisotopic (exact) mass is 165 g/mol. The van der Waals surface area contributed by atoms with Crippen LogP contribution in [-0.4, -0.2) is 12.0 Å². The van der Waals surface area contributed by atoms with Gasteiger partial charge < -0.3 is 5.73 Å². The Labute approximate surface area is 67.0 Å². The van der Waals surface area contributed by atoms with Crippen LogP contribution in [0.3, 0.4) is 0 Å². The van der Waals surface area contributed by atoms with Gasteiger partial charge in [0, 0.05) is 0 Å². The predicted molar refractivity (Wildman–Crippen MR) is 42.7 cm³/mol. The zero-order chi connectivity index (χ0) is 8.91. The number of nitrogens with two attached hydrogens (primary N) is 1. The highest BCUT2D eigenvalue weighted by Crippen LogP contribution is 2.22. The maximum atomic E-state index is 12.3. The lowest BCUT2D eigenvalue weighted by Gasteiger charge is -2.26. The molecule has 0 aromatic heterocycles. The number of alkyl halides is 2. The lowest BCUT2D eigenvalue weighted by molar-refractivity contribution is 0.0447. The van der Waals surface area contributed by atoms with Gasteiger partial charge in [-0.1, -0.05) is 26.7 Å². The van der Waals surface area contributed by atoms with E-state index in [-0.39, 0.29) is 0 Å². The summed E-state index contributed by atoms with van der Waals surface area (Å²) in [5.74, 6) is 0. The molecule has 68 valence electrons. The van der Waals surface area contributed by atoms with Gasteiger partial charge in [0.25, 0.3) is 6.43 Å². The van der Waals surface area contributed by atoms with Gasteiger partial charge in [0.05, 0.1) is 5.54 Å². The average molecular weight is 165 g/mol. The fourth-order valence-corrected chi connectivity index (χ4v) is 0.946. The van der Waals surface area contributed by atoms with Crippen molar-refractivity contribution in [3.05, 3.63) is 0 Å². The molecule has 1 nitrogen and oxygen atoms in total. The first-order valence-corrected chi connectivity index (χ1v) is 4.14. The molecule has 0 spiro atoms. The van der Waals surface area contributed by atoms with Crippen molar-refractivity contribution in [1.29, 1.82) is 0 Å². The van der Waals surface area contributed by atoms with E-state index in [0.717, 1.165) is 12.8 Å². The second kappa shape index (κ2) is 4.65. The van der Waals surface area contributed by atoms with Gasteiger partial charge in [0.1, 0.15) is 0 Å². The third-order valence-corrected chi connectivity index (χ3v) is 2.09. The molecule has 1 unspecified atom stereocenters. The van der Waals surface area contributed by atoms with Crippen molar-refractivity contribution >= 4 is 0 Å². The number of unbranched alkanes of at least 4 members (excludes halogenated alkanes) is 1. The normalized spacial score (nSPS) is 16.9. The van der Waals surface area contributed by atoms with Gasteiger partial charge in [0.15, 0.2) is 0 Å². The Morgan fingerprint density at radius 2 is 1.91 bits per heavy atom. The van der Waals surface area contributed by atoms with Gasteiger partial charge in [-0.25, -0.2) is 8.78 Å². The molecule has 0 aromatic rings. The second-order valence-electron chi connectivity index (χ2n) is 2.99. The minimum atomic E-state index is -2.39. The lowest BCUT2D eigenvalue weighted by Crippen LogP contribution is -2.46. The molecular formula is C8H17F2N. The summed E-state index contributed by atoms with van der Waals surface area (Å²) in [5, 5.41) is 0. The zero-order valence-corrected chi connectivity index (χ0v) is 7.24. The van der Waals surface area contributed by atoms with Crippen LogP contribution in [0.2, 0.25) is 0 Å². The molecule has 0 saturated heterocycles. The van der Waals surface area contributed by atoms with Gasteiger partial charge in [-0.3, -0.25) is 0 Å². The molecule has 0 rings (SSSR count). The maximum absolute atomic E-state index is 12.3. The smallest absolute Gasteiger partial charge is 0.256 e. The third kappa shape index (κ3) is 3.14. The summed E-state index contributed by atoms with van der Waals surface area (Å²) in [6.07, 6.45) is 0.0990. The Balaban J connectivity index is 3.88. The minimum absolute atomic E-state index is 0.352. The van der Waals surface area contributed by atoms with Gasteiger partial charge >= 0.3 is 0 Å². The van der Waals surface area contributed by atoms with Crippen LogP contribution in [0, 0.1) is 0 Å². The van der Waals surface area contributed by atoms with Crippen molar-refractivity contribution in [3.63, 3.8) is 0 Å². The van der Waals surface area contributed by atoms with Crippen LogP contribution < -0.4 is 5.73 Å². The Hall–Kier alpha value is -0.180. The molecule has 0 bridgehead atoms. The highest BCUT2D eigenvalue weighted by Gasteiger charge is 2.32. The third-order valence-electron chi connectivity index (χ3n) is 2.09. The fraction of sp³-hybridized carbons (Fsp3) is 1.00. The zero-order valence-electron chi connectivity index (χ0n) is 7.24. The first-order valence-electron chi connectivity index (χ1n) is 4.14. The molecule has 0 aliphatic heterocycles. The summed E-state index contributed by atoms with van der Waals surface area (Å²) in [6.45, 7) is 3.68. The van der Waals surface area contributed by atoms with Crippen molar-refractivity contribution in [1.82, 2.24) is 0 Å². The summed E-state index contributed by atoms with van der Waals surface area (Å²) in [4.78, 5) is 0. The first-order chi connectivity index (χ1) is 5.06. The van der Waals surface area contributed by atoms with Crippen molar-refractivity contribution in [2.45, 2.75) is 51.5 Å². The van der Waals surface area contributed by atoms with Crippen LogP contribution in [-0.2, 0) is 0 Å². The molecule has 11 heavy (non-hydrogen) atoms. The van der Waals surface area contributed by atoms with Gasteiger partial charge in [-0.2, -0.15) is 0 Å². The topological polar surface area (TPSA) is 26.0 Å². The van der Waals surface area contributed by atoms with Gasteiger partial charge in [-0.15, -0.1) is 0 Å². The fourth-order valence-electron chi connectivity index (χ4n) is 0.946. The quantitative estimate of drug-likeness (QED) is 0.665. The molecule has 1 atom stereocenters. The molecule has 0 amide bonds. The highest BCUT2D eigenvalue weighted by molar-refractivity contribution is 4.84. The largest absolute Gasteiger partial charge is 0.320 e. The predicted octanol–water partition coefficient (Wildman–Crippen LogP) is 2.55. The van der Waals surface area contributed by atoms with Crippen molar-refractivity contribution < 1.29 is 8.78 Å². The van der Waals surface area contributed by atoms with E-state index >= 15 is 0 Å². The van der Waals surface area contributed by atoms with E-state index in [1.807, 2.05) is 6.92 Å². The Morgan fingerprint density at radius 1 is 1.36 bits per heavy atom. The second-order valence-corrected chi connectivity index (χ2v) is 2.99. The highest BCUT2D eigenvalue weighted by atomic mass is 19.3. The summed E-state index contributed by atoms with van der Waals surface area (Å²) < 4.78 is 24.6. The molecule has 0 saturated carbocycles. The van der Waals surface area contributed by atoms with E-state index in [1.54, 1.807) is 6.92 Å². The molecular weight excluding hydrogens is 148 g/mol. The molecule has 2 N–H and O–H groups in total. The minimum Gasteiger partial charge on any atom is -0.320 e. The SMILES string of the molecule is CCCCC(N)(CC)C(F)F. The van der Waals surface area contributed by atoms with E-state index in [2.05, 4.69) is 0 Å². The first kappa shape index (κ1) is 10.8. The maximum Gasteiger partial charge on any atom is 0.256 e. The van der Waals surface area contributed by atoms with Crippen molar-refractivity contribution in [2.75, 3.05) is 0 Å². The van der Waals surface area contributed by atoms with E-state index < -0.39 is 12.0 Å². The summed E-state index contributed by atoms with van der Waals surface area (Å²) in [5.41, 5.74) is 4.24. The van der Waals surface area contributed by atoms with E-state index in [9.17, 15) is 8.78 Å². The molecule has 0 heterocycles. The van der Waals surface area contributed by atoms with Crippen molar-refractivity contribution in [2.24, 2.45) is 5.73 Å². The molecule has 0 aliphatic rings. The van der Waals surface area contributed by atoms with Crippen LogP contribution in [0.1, 0.15) is 39.5 Å². The van der Waals surface area contributed by atoms with Crippen LogP contribution >= 0.6 is 0 Å². The molecule has 3 heteroatoms. The van der Waals surface area contributed by atoms with E-state index in [1.165, 1.54) is 0 Å². The molecule has 0 aromatic carbocycles. The van der Waals surface area contributed by atoms with Crippen molar-refractivity contribution in [3.8, 4) is 0 Å². The average Bonchev–Trinajstić information content (AvgIpc) is 2.00. The standard InChI is InChI=1S/C8H17F2N/c1-3-5-6-8(11,4-2)7(9)10/h7H,3-6,11H2,1-2H3. The van der Waals surface area contributed by atoms with Crippen LogP contribution in [0.4, 0.5) is 8.78 Å². The number of halogens is 2. The Kier molecular flexibility index (Phi) is 4.57. The Morgan fingerprint density at radius 3 is 2.18 bits per heavy atom. The van der Waals surface area contributed by atoms with E-state index in [0.29, 0.717) is 12.8 Å².